The molecule has 0 aromatic carbocycles. The SMILES string of the molecule is CCS(=O)(=O)N1CCC(C(=O)NCC(C)C)CC1. The molecule has 6 heteroatoms. The fourth-order valence-corrected chi connectivity index (χ4v) is 3.16. The van der Waals surface area contributed by atoms with E-state index in [0.29, 0.717) is 38.4 Å². The lowest BCUT2D eigenvalue weighted by Gasteiger charge is -2.30. The Hall–Kier alpha value is -0.620. The van der Waals surface area contributed by atoms with Gasteiger partial charge in [-0.3, -0.25) is 4.79 Å². The van der Waals surface area contributed by atoms with Crippen LogP contribution in [0, 0.1) is 11.8 Å². The molecule has 0 radical (unpaired) electrons. The summed E-state index contributed by atoms with van der Waals surface area (Å²) in [4.78, 5) is 11.8. The number of carbonyl (C=O) groups excluding carboxylic acids is 1. The molecule has 1 heterocycles. The fourth-order valence-electron chi connectivity index (χ4n) is 2.03. The number of hydrogen-bond donors (Lipinski definition) is 1. The second-order valence-electron chi connectivity index (χ2n) is 5.21. The topological polar surface area (TPSA) is 66.5 Å². The summed E-state index contributed by atoms with van der Waals surface area (Å²) < 4.78 is 24.8. The first kappa shape index (κ1) is 15.4. The van der Waals surface area contributed by atoms with Crippen LogP contribution >= 0.6 is 0 Å². The van der Waals surface area contributed by atoms with Crippen LogP contribution in [0.25, 0.3) is 0 Å². The number of sulfonamides is 1. The van der Waals surface area contributed by atoms with Crippen LogP contribution in [-0.2, 0) is 14.8 Å². The highest BCUT2D eigenvalue weighted by molar-refractivity contribution is 7.89. The minimum absolute atomic E-state index is 0.0351. The first-order valence-electron chi connectivity index (χ1n) is 6.62. The highest BCUT2D eigenvalue weighted by Gasteiger charge is 2.29. The molecule has 0 aromatic rings. The van der Waals surface area contributed by atoms with Crippen LogP contribution in [0.4, 0.5) is 0 Å². The van der Waals surface area contributed by atoms with Crippen molar-refractivity contribution >= 4 is 15.9 Å². The zero-order chi connectivity index (χ0) is 13.8. The second kappa shape index (κ2) is 6.52. The quantitative estimate of drug-likeness (QED) is 0.808. The molecular weight excluding hydrogens is 252 g/mol. The summed E-state index contributed by atoms with van der Waals surface area (Å²) in [6, 6.07) is 0. The molecule has 0 bridgehead atoms. The Labute approximate surface area is 110 Å². The highest BCUT2D eigenvalue weighted by atomic mass is 32.2. The molecule has 5 nitrogen and oxygen atoms in total. The van der Waals surface area contributed by atoms with Gasteiger partial charge in [0, 0.05) is 25.6 Å². The van der Waals surface area contributed by atoms with Crippen molar-refractivity contribution in [1.29, 1.82) is 0 Å². The van der Waals surface area contributed by atoms with E-state index in [2.05, 4.69) is 19.2 Å². The van der Waals surface area contributed by atoms with E-state index in [1.807, 2.05) is 0 Å². The van der Waals surface area contributed by atoms with Gasteiger partial charge < -0.3 is 5.32 Å². The minimum atomic E-state index is -3.09. The largest absolute Gasteiger partial charge is 0.356 e. The number of nitrogens with one attached hydrogen (secondary N) is 1. The van der Waals surface area contributed by atoms with Crippen molar-refractivity contribution in [2.75, 3.05) is 25.4 Å². The van der Waals surface area contributed by atoms with E-state index in [0.717, 1.165) is 0 Å². The molecule has 1 aliphatic heterocycles. The van der Waals surface area contributed by atoms with Gasteiger partial charge in [-0.15, -0.1) is 0 Å². The maximum atomic E-state index is 11.8. The van der Waals surface area contributed by atoms with Crippen molar-refractivity contribution in [3.63, 3.8) is 0 Å². The predicted molar refractivity (Wildman–Crippen MR) is 71.6 cm³/mol. The van der Waals surface area contributed by atoms with Gasteiger partial charge in [0.05, 0.1) is 5.75 Å². The van der Waals surface area contributed by atoms with E-state index in [9.17, 15) is 13.2 Å². The molecular formula is C12H24N2O3S. The smallest absolute Gasteiger partial charge is 0.223 e. The molecule has 1 N–H and O–H groups in total. The van der Waals surface area contributed by atoms with Gasteiger partial charge in [-0.1, -0.05) is 13.8 Å². The van der Waals surface area contributed by atoms with E-state index in [1.165, 1.54) is 4.31 Å². The summed E-state index contributed by atoms with van der Waals surface area (Å²) in [7, 11) is -3.09. The molecule has 106 valence electrons. The third-order valence-corrected chi connectivity index (χ3v) is 5.15. The summed E-state index contributed by atoms with van der Waals surface area (Å²) in [5.74, 6) is 0.607. The summed E-state index contributed by atoms with van der Waals surface area (Å²) in [5, 5.41) is 2.91. The zero-order valence-corrected chi connectivity index (χ0v) is 12.3. The molecule has 0 atom stereocenters. The monoisotopic (exact) mass is 276 g/mol. The van der Waals surface area contributed by atoms with Gasteiger partial charge in [0.15, 0.2) is 0 Å². The molecule has 1 aliphatic rings. The van der Waals surface area contributed by atoms with Crippen LogP contribution in [0.1, 0.15) is 33.6 Å². The van der Waals surface area contributed by atoms with E-state index >= 15 is 0 Å². The van der Waals surface area contributed by atoms with E-state index in [1.54, 1.807) is 6.92 Å². The number of nitrogens with zero attached hydrogens (tertiary/aromatic N) is 1. The van der Waals surface area contributed by atoms with Crippen molar-refractivity contribution in [3.05, 3.63) is 0 Å². The molecule has 0 spiro atoms. The number of hydrogen-bond acceptors (Lipinski definition) is 3. The molecule has 0 aromatic heterocycles. The summed E-state index contributed by atoms with van der Waals surface area (Å²) in [6.07, 6.45) is 1.26. The Balaban J connectivity index is 2.42. The lowest BCUT2D eigenvalue weighted by atomic mass is 9.97. The van der Waals surface area contributed by atoms with Gasteiger partial charge in [-0.2, -0.15) is 0 Å². The third-order valence-electron chi connectivity index (χ3n) is 3.27. The predicted octanol–water partition coefficient (Wildman–Crippen LogP) is 0.820. The van der Waals surface area contributed by atoms with Crippen molar-refractivity contribution in [1.82, 2.24) is 9.62 Å². The van der Waals surface area contributed by atoms with Crippen LogP contribution in [0.2, 0.25) is 0 Å². The summed E-state index contributed by atoms with van der Waals surface area (Å²) >= 11 is 0. The van der Waals surface area contributed by atoms with Crippen molar-refractivity contribution in [2.24, 2.45) is 11.8 Å². The molecule has 1 saturated heterocycles. The van der Waals surface area contributed by atoms with Crippen LogP contribution in [0.3, 0.4) is 0 Å². The molecule has 18 heavy (non-hydrogen) atoms. The lowest BCUT2D eigenvalue weighted by Crippen LogP contribution is -2.44. The van der Waals surface area contributed by atoms with Gasteiger partial charge in [-0.25, -0.2) is 12.7 Å². The standard InChI is InChI=1S/C12H24N2O3S/c1-4-18(16,17)14-7-5-11(6-8-14)12(15)13-9-10(2)3/h10-11H,4-9H2,1-3H3,(H,13,15). The summed E-state index contributed by atoms with van der Waals surface area (Å²) in [6.45, 7) is 7.38. The maximum Gasteiger partial charge on any atom is 0.223 e. The normalized spacial score (nSPS) is 19.1. The average molecular weight is 276 g/mol. The van der Waals surface area contributed by atoms with Crippen LogP contribution in [0.5, 0.6) is 0 Å². The number of piperidine rings is 1. The second-order valence-corrected chi connectivity index (χ2v) is 7.47. The first-order valence-corrected chi connectivity index (χ1v) is 8.23. The molecule has 0 unspecified atom stereocenters. The van der Waals surface area contributed by atoms with Crippen LogP contribution in [-0.4, -0.2) is 44.0 Å². The number of carbonyl (C=O) groups is 1. The van der Waals surface area contributed by atoms with Crippen molar-refractivity contribution in [2.45, 2.75) is 33.6 Å². The van der Waals surface area contributed by atoms with Gasteiger partial charge in [-0.05, 0) is 25.7 Å². The Kier molecular flexibility index (Phi) is 5.59. The van der Waals surface area contributed by atoms with E-state index in [4.69, 9.17) is 0 Å². The van der Waals surface area contributed by atoms with E-state index < -0.39 is 10.0 Å². The highest BCUT2D eigenvalue weighted by Crippen LogP contribution is 2.19. The molecule has 0 saturated carbocycles. The number of rotatable bonds is 5. The third kappa shape index (κ3) is 4.24. The average Bonchev–Trinajstić information content (AvgIpc) is 2.36. The number of amides is 1. The van der Waals surface area contributed by atoms with Crippen molar-refractivity contribution in [3.8, 4) is 0 Å². The fraction of sp³-hybridized carbons (Fsp3) is 0.917. The Morgan fingerprint density at radius 2 is 1.89 bits per heavy atom. The maximum absolute atomic E-state index is 11.8. The van der Waals surface area contributed by atoms with E-state index in [-0.39, 0.29) is 17.6 Å². The van der Waals surface area contributed by atoms with Gasteiger partial charge in [0.2, 0.25) is 15.9 Å². The Morgan fingerprint density at radius 1 is 1.33 bits per heavy atom. The van der Waals surface area contributed by atoms with Crippen LogP contribution < -0.4 is 5.32 Å². The Bertz CT molecular complexity index is 371. The Morgan fingerprint density at radius 3 is 2.33 bits per heavy atom. The molecule has 0 aliphatic carbocycles. The zero-order valence-electron chi connectivity index (χ0n) is 11.5. The first-order chi connectivity index (χ1) is 8.36. The van der Waals surface area contributed by atoms with Crippen molar-refractivity contribution < 1.29 is 13.2 Å². The summed E-state index contributed by atoms with van der Waals surface area (Å²) in [5.41, 5.74) is 0. The molecule has 1 amide bonds. The minimum Gasteiger partial charge on any atom is -0.356 e. The van der Waals surface area contributed by atoms with Gasteiger partial charge >= 0.3 is 0 Å². The van der Waals surface area contributed by atoms with Crippen LogP contribution in [0.15, 0.2) is 0 Å². The molecule has 1 rings (SSSR count). The van der Waals surface area contributed by atoms with Gasteiger partial charge in [0.1, 0.15) is 0 Å². The lowest BCUT2D eigenvalue weighted by molar-refractivity contribution is -0.126. The molecule has 1 fully saturated rings. The van der Waals surface area contributed by atoms with Gasteiger partial charge in [0.25, 0.3) is 0 Å².